The van der Waals surface area contributed by atoms with Gasteiger partial charge in [-0.1, -0.05) is 0 Å². The molecule has 0 aliphatic rings. The third kappa shape index (κ3) is 2.83. The zero-order chi connectivity index (χ0) is 6.57. The highest BCUT2D eigenvalue weighted by molar-refractivity contribution is 6.22. The number of carbonyl (C=O) groups is 3. The van der Waals surface area contributed by atoms with Crippen LogP contribution in [0.1, 0.15) is 0 Å². The van der Waals surface area contributed by atoms with E-state index in [2.05, 4.69) is 10.5 Å². The van der Waals surface area contributed by atoms with Gasteiger partial charge in [-0.2, -0.15) is 0 Å². The topological polar surface area (TPSA) is 86.5 Å². The Balaban J connectivity index is 3.55. The Hall–Kier alpha value is -1.39. The summed E-state index contributed by atoms with van der Waals surface area (Å²) in [5, 5.41) is 0. The van der Waals surface area contributed by atoms with E-state index >= 15 is 0 Å². The van der Waals surface area contributed by atoms with Gasteiger partial charge in [0.25, 0.3) is 0 Å². The Kier molecular flexibility index (Phi) is 2.25. The molecule has 2 N–H and O–H groups in total. The average Bonchev–Trinajstić information content (AvgIpc) is 1.65. The Bertz CT molecular complexity index is 129. The molecular weight excluding hydrogens is 114 g/mol. The molecule has 0 rings (SSSR count). The molecule has 0 aromatic rings. The van der Waals surface area contributed by atoms with Crippen LogP contribution in [0.5, 0.6) is 0 Å². The van der Waals surface area contributed by atoms with E-state index in [1.165, 1.54) is 0 Å². The molecule has 5 nitrogen and oxygen atoms in total. The summed E-state index contributed by atoms with van der Waals surface area (Å²) >= 11 is 0. The van der Waals surface area contributed by atoms with Gasteiger partial charge in [-0.25, -0.2) is 9.59 Å². The first kappa shape index (κ1) is 6.61. The van der Waals surface area contributed by atoms with Gasteiger partial charge in [0.1, 0.15) is 0 Å². The van der Waals surface area contributed by atoms with Gasteiger partial charge >= 0.3 is 12.1 Å². The van der Waals surface area contributed by atoms with Crippen molar-refractivity contribution < 1.29 is 19.1 Å². The molecule has 0 bridgehead atoms. The molecule has 0 saturated carbocycles. The monoisotopic (exact) mass is 117 g/mol. The Morgan fingerprint density at radius 1 is 1.50 bits per heavy atom. The molecule has 0 aliphatic carbocycles. The van der Waals surface area contributed by atoms with Crippen molar-refractivity contribution >= 4 is 18.3 Å². The fourth-order valence-electron chi connectivity index (χ4n) is 0.123. The minimum Gasteiger partial charge on any atom is -0.371 e. The molecule has 0 saturated heterocycles. The van der Waals surface area contributed by atoms with Gasteiger partial charge in [-0.15, -0.1) is 0 Å². The van der Waals surface area contributed by atoms with Crippen LogP contribution in [0, 0.1) is 0 Å². The van der Waals surface area contributed by atoms with Crippen molar-refractivity contribution in [3.63, 3.8) is 0 Å². The number of nitrogens with two attached hydrogens (primary N) is 1. The molecule has 0 aromatic heterocycles. The fourth-order valence-corrected chi connectivity index (χ4v) is 0.123. The van der Waals surface area contributed by atoms with Crippen LogP contribution in [0.3, 0.4) is 0 Å². The van der Waals surface area contributed by atoms with Gasteiger partial charge in [-0.3, -0.25) is 4.79 Å². The predicted molar refractivity (Wildman–Crippen MR) is 21.7 cm³/mol. The molecule has 5 heteroatoms. The van der Waals surface area contributed by atoms with Crippen molar-refractivity contribution in [2.75, 3.05) is 0 Å². The van der Waals surface area contributed by atoms with E-state index in [1.807, 2.05) is 0 Å². The normalized spacial score (nSPS) is 7.50. The molecular formula is C3H3NO4. The molecule has 0 fully saturated rings. The summed E-state index contributed by atoms with van der Waals surface area (Å²) in [6.07, 6.45) is -1.42. The maximum absolute atomic E-state index is 9.73. The first-order chi connectivity index (χ1) is 3.66. The summed E-state index contributed by atoms with van der Waals surface area (Å²) in [7, 11) is 0. The number of amides is 1. The number of ether oxygens (including phenoxy) is 1. The number of hydrogen-bond donors (Lipinski definition) is 1. The van der Waals surface area contributed by atoms with Gasteiger partial charge in [-0.05, 0) is 0 Å². The highest BCUT2D eigenvalue weighted by Gasteiger charge is 2.01. The summed E-state index contributed by atoms with van der Waals surface area (Å²) in [5.74, 6) is -1.28. The van der Waals surface area contributed by atoms with Gasteiger partial charge in [0.05, 0.1) is 0 Å². The Labute approximate surface area is 44.4 Å². The van der Waals surface area contributed by atoms with Crippen molar-refractivity contribution in [2.24, 2.45) is 5.73 Å². The summed E-state index contributed by atoms with van der Waals surface area (Å²) < 4.78 is 3.53. The maximum Gasteiger partial charge on any atom is 0.412 e. The molecule has 0 radical (unpaired) electrons. The smallest absolute Gasteiger partial charge is 0.371 e. The first-order valence-electron chi connectivity index (χ1n) is 1.63. The minimum atomic E-state index is -1.28. The molecule has 0 unspecified atom stereocenters. The lowest BCUT2D eigenvalue weighted by Gasteiger charge is -1.86. The van der Waals surface area contributed by atoms with E-state index in [0.29, 0.717) is 0 Å². The standard InChI is InChI=1S/C3H3NO4/c4-3(7)8-2(6)1-5/h1H,(H2,4,7). The molecule has 0 aromatic carbocycles. The molecule has 1 amide bonds. The Morgan fingerprint density at radius 2 is 2.00 bits per heavy atom. The number of carbonyl (C=O) groups excluding carboxylic acids is 3. The molecule has 0 aliphatic heterocycles. The summed E-state index contributed by atoms with van der Waals surface area (Å²) in [4.78, 5) is 28.7. The van der Waals surface area contributed by atoms with E-state index in [9.17, 15) is 14.4 Å². The second-order valence-corrected chi connectivity index (χ2v) is 0.858. The van der Waals surface area contributed by atoms with E-state index in [0.717, 1.165) is 0 Å². The van der Waals surface area contributed by atoms with Gasteiger partial charge < -0.3 is 10.5 Å². The minimum absolute atomic E-state index is 0.148. The Morgan fingerprint density at radius 3 is 2.12 bits per heavy atom. The maximum atomic E-state index is 9.73. The van der Waals surface area contributed by atoms with Crippen molar-refractivity contribution in [1.82, 2.24) is 0 Å². The average molecular weight is 117 g/mol. The van der Waals surface area contributed by atoms with Gasteiger partial charge in [0.15, 0.2) is 0 Å². The van der Waals surface area contributed by atoms with Crippen LogP contribution >= 0.6 is 0 Å². The van der Waals surface area contributed by atoms with E-state index in [1.54, 1.807) is 0 Å². The van der Waals surface area contributed by atoms with Crippen LogP contribution < -0.4 is 5.73 Å². The highest BCUT2D eigenvalue weighted by Crippen LogP contribution is 1.69. The lowest BCUT2D eigenvalue weighted by Crippen LogP contribution is -2.18. The van der Waals surface area contributed by atoms with E-state index < -0.39 is 12.1 Å². The lowest BCUT2D eigenvalue weighted by atomic mass is 10.8. The molecule has 0 atom stereocenters. The number of hydrogen-bond acceptors (Lipinski definition) is 4. The quantitative estimate of drug-likeness (QED) is 0.202. The first-order valence-corrected chi connectivity index (χ1v) is 1.63. The van der Waals surface area contributed by atoms with Crippen molar-refractivity contribution in [3.05, 3.63) is 0 Å². The van der Waals surface area contributed by atoms with Crippen LogP contribution in [-0.2, 0) is 14.3 Å². The van der Waals surface area contributed by atoms with Crippen molar-refractivity contribution in [3.8, 4) is 0 Å². The largest absolute Gasteiger partial charge is 0.412 e. The van der Waals surface area contributed by atoms with E-state index in [-0.39, 0.29) is 6.29 Å². The number of aldehydes is 1. The van der Waals surface area contributed by atoms with Crippen molar-refractivity contribution in [1.29, 1.82) is 0 Å². The fraction of sp³-hybridized carbons (Fsp3) is 0. The zero-order valence-electron chi connectivity index (χ0n) is 3.79. The van der Waals surface area contributed by atoms with E-state index in [4.69, 9.17) is 0 Å². The second kappa shape index (κ2) is 2.73. The zero-order valence-corrected chi connectivity index (χ0v) is 3.79. The third-order valence-corrected chi connectivity index (χ3v) is 0.297. The van der Waals surface area contributed by atoms with Gasteiger partial charge in [0.2, 0.25) is 6.29 Å². The lowest BCUT2D eigenvalue weighted by molar-refractivity contribution is -0.143. The van der Waals surface area contributed by atoms with Crippen LogP contribution in [0.4, 0.5) is 4.79 Å². The van der Waals surface area contributed by atoms with Crippen LogP contribution in [0.25, 0.3) is 0 Å². The van der Waals surface area contributed by atoms with Crippen molar-refractivity contribution in [2.45, 2.75) is 0 Å². The third-order valence-electron chi connectivity index (χ3n) is 0.297. The summed E-state index contributed by atoms with van der Waals surface area (Å²) in [6, 6.07) is 0. The molecule has 0 heterocycles. The SMILES string of the molecule is NC(=O)OC(=O)C=O. The number of rotatable bonds is 1. The number of primary amides is 1. The summed E-state index contributed by atoms with van der Waals surface area (Å²) in [5.41, 5.74) is 4.33. The number of esters is 1. The van der Waals surface area contributed by atoms with Crippen LogP contribution in [0.15, 0.2) is 0 Å². The molecule has 8 heavy (non-hydrogen) atoms. The van der Waals surface area contributed by atoms with Crippen LogP contribution in [-0.4, -0.2) is 18.3 Å². The molecule has 44 valence electrons. The summed E-state index contributed by atoms with van der Waals surface area (Å²) in [6.45, 7) is 0. The highest BCUT2D eigenvalue weighted by atomic mass is 16.6. The molecule has 0 spiro atoms. The van der Waals surface area contributed by atoms with Gasteiger partial charge in [0, 0.05) is 0 Å². The van der Waals surface area contributed by atoms with Crippen LogP contribution in [0.2, 0.25) is 0 Å². The second-order valence-electron chi connectivity index (χ2n) is 0.858. The predicted octanol–water partition coefficient (Wildman–Crippen LogP) is -1.19.